The van der Waals surface area contributed by atoms with Crippen molar-refractivity contribution in [1.29, 1.82) is 0 Å². The molecular weight excluding hydrogens is 382 g/mol. The highest BCUT2D eigenvalue weighted by atomic mass is 32.2. The highest BCUT2D eigenvalue weighted by Crippen LogP contribution is 2.35. The molecule has 2 fully saturated rings. The molecule has 0 spiro atoms. The summed E-state index contributed by atoms with van der Waals surface area (Å²) >= 11 is 0. The van der Waals surface area contributed by atoms with Crippen LogP contribution in [0.5, 0.6) is 0 Å². The molecule has 0 N–H and O–H groups in total. The second kappa shape index (κ2) is 7.51. The third kappa shape index (κ3) is 3.49. The number of benzene rings is 1. The molecule has 0 saturated carbocycles. The lowest BCUT2D eigenvalue weighted by Gasteiger charge is -2.35. The van der Waals surface area contributed by atoms with E-state index in [1.807, 2.05) is 21.8 Å². The average Bonchev–Trinajstić information content (AvgIpc) is 3.42. The smallest absolute Gasteiger partial charge is 0.270 e. The maximum Gasteiger partial charge on any atom is 0.270 e. The summed E-state index contributed by atoms with van der Waals surface area (Å²) < 4.78 is 29.7. The van der Waals surface area contributed by atoms with Crippen LogP contribution in [-0.4, -0.2) is 53.6 Å². The van der Waals surface area contributed by atoms with E-state index in [4.69, 9.17) is 0 Å². The van der Waals surface area contributed by atoms with Crippen molar-refractivity contribution >= 4 is 21.4 Å². The van der Waals surface area contributed by atoms with Crippen LogP contribution < -0.4 is 4.90 Å². The summed E-state index contributed by atoms with van der Waals surface area (Å²) in [6.07, 6.45) is 7.00. The average molecular weight is 405 g/mol. The van der Waals surface area contributed by atoms with Crippen molar-refractivity contribution in [3.8, 4) is 0 Å². The molecule has 3 heterocycles. The largest absolute Gasteiger partial charge is 0.370 e. The molecule has 1 aromatic carbocycles. The second-order valence-electron chi connectivity index (χ2n) is 7.22. The Hall–Kier alpha value is -2.46. The maximum atomic E-state index is 13.2. The van der Waals surface area contributed by atoms with Gasteiger partial charge in [0, 0.05) is 50.7 Å². The summed E-state index contributed by atoms with van der Waals surface area (Å²) in [6.45, 7) is 2.27. The van der Waals surface area contributed by atoms with Gasteiger partial charge in [-0.3, -0.25) is 14.8 Å². The SMILES string of the molecule is O=[N+]([O-])c1ccc(N2CCC(n3cccn3)CC2)c(S(=O)(=O)N2CCCC2)c1. The number of nitrogens with zero attached hydrogens (tertiary/aromatic N) is 5. The van der Waals surface area contributed by atoms with Crippen molar-refractivity contribution in [1.82, 2.24) is 14.1 Å². The molecule has 2 aliphatic heterocycles. The van der Waals surface area contributed by atoms with Gasteiger partial charge in [0.25, 0.3) is 5.69 Å². The molecule has 0 aliphatic carbocycles. The Morgan fingerprint density at radius 2 is 1.82 bits per heavy atom. The summed E-state index contributed by atoms with van der Waals surface area (Å²) in [5, 5.41) is 15.5. The predicted octanol–water partition coefficient (Wildman–Crippen LogP) is 2.42. The van der Waals surface area contributed by atoms with Crippen molar-refractivity contribution in [2.75, 3.05) is 31.1 Å². The molecule has 0 amide bonds. The molecule has 2 saturated heterocycles. The third-order valence-electron chi connectivity index (χ3n) is 5.54. The van der Waals surface area contributed by atoms with Gasteiger partial charge in [-0.05, 0) is 37.8 Å². The molecule has 0 unspecified atom stereocenters. The molecule has 1 aromatic heterocycles. The molecule has 2 aromatic rings. The van der Waals surface area contributed by atoms with Gasteiger partial charge in [-0.2, -0.15) is 9.40 Å². The standard InChI is InChI=1S/C18H23N5O4S/c24-23(25)16-4-5-17(18(14-16)28(26,27)21-9-1-2-10-21)20-12-6-15(7-13-20)22-11-3-8-19-22/h3-5,8,11,14-15H,1-2,6-7,9-10,12-13H2. The number of hydrogen-bond donors (Lipinski definition) is 0. The topological polar surface area (TPSA) is 102 Å². The van der Waals surface area contributed by atoms with Gasteiger partial charge in [0.2, 0.25) is 10.0 Å². The van der Waals surface area contributed by atoms with Crippen LogP contribution in [0.15, 0.2) is 41.6 Å². The molecule has 0 radical (unpaired) electrons. The highest BCUT2D eigenvalue weighted by molar-refractivity contribution is 7.89. The molecule has 0 bridgehead atoms. The Morgan fingerprint density at radius 1 is 1.11 bits per heavy atom. The van der Waals surface area contributed by atoms with Gasteiger partial charge in [-0.25, -0.2) is 8.42 Å². The van der Waals surface area contributed by atoms with Crippen LogP contribution in [0.2, 0.25) is 0 Å². The third-order valence-corrected chi connectivity index (χ3v) is 7.47. The van der Waals surface area contributed by atoms with Crippen molar-refractivity contribution in [3.63, 3.8) is 0 Å². The number of nitro groups is 1. The van der Waals surface area contributed by atoms with E-state index < -0.39 is 14.9 Å². The van der Waals surface area contributed by atoms with Gasteiger partial charge in [-0.15, -0.1) is 0 Å². The first-order chi connectivity index (χ1) is 13.5. The Morgan fingerprint density at radius 3 is 2.43 bits per heavy atom. The Labute approximate surface area is 163 Å². The molecule has 9 nitrogen and oxygen atoms in total. The van der Waals surface area contributed by atoms with E-state index in [0.717, 1.165) is 25.7 Å². The molecule has 4 rings (SSSR count). The van der Waals surface area contributed by atoms with Gasteiger partial charge < -0.3 is 4.90 Å². The quantitative estimate of drug-likeness (QED) is 0.559. The van der Waals surface area contributed by atoms with Crippen LogP contribution in [0.1, 0.15) is 31.7 Å². The Bertz CT molecular complexity index is 946. The monoisotopic (exact) mass is 405 g/mol. The first kappa shape index (κ1) is 18.9. The van der Waals surface area contributed by atoms with E-state index in [2.05, 4.69) is 5.10 Å². The first-order valence-corrected chi connectivity index (χ1v) is 10.9. The van der Waals surface area contributed by atoms with E-state index in [0.29, 0.717) is 31.9 Å². The minimum absolute atomic E-state index is 0.0427. The van der Waals surface area contributed by atoms with Crippen LogP contribution in [0.3, 0.4) is 0 Å². The van der Waals surface area contributed by atoms with Crippen LogP contribution >= 0.6 is 0 Å². The molecule has 2 aliphatic rings. The first-order valence-electron chi connectivity index (χ1n) is 9.49. The van der Waals surface area contributed by atoms with Gasteiger partial charge >= 0.3 is 0 Å². The summed E-state index contributed by atoms with van der Waals surface area (Å²) in [5.74, 6) is 0. The maximum absolute atomic E-state index is 13.2. The van der Waals surface area contributed by atoms with Crippen LogP contribution in [0, 0.1) is 10.1 Å². The lowest BCUT2D eigenvalue weighted by atomic mass is 10.0. The van der Waals surface area contributed by atoms with Gasteiger partial charge in [0.15, 0.2) is 0 Å². The summed E-state index contributed by atoms with van der Waals surface area (Å²) in [4.78, 5) is 12.8. The normalized spacial score (nSPS) is 19.2. The molecule has 150 valence electrons. The van der Waals surface area contributed by atoms with Gasteiger partial charge in [0.05, 0.1) is 16.7 Å². The minimum Gasteiger partial charge on any atom is -0.370 e. The van der Waals surface area contributed by atoms with E-state index >= 15 is 0 Å². The minimum atomic E-state index is -3.76. The number of anilines is 1. The van der Waals surface area contributed by atoms with Crippen molar-refractivity contribution < 1.29 is 13.3 Å². The highest BCUT2D eigenvalue weighted by Gasteiger charge is 2.33. The fourth-order valence-electron chi connectivity index (χ4n) is 4.02. The predicted molar refractivity (Wildman–Crippen MR) is 104 cm³/mol. The van der Waals surface area contributed by atoms with Crippen LogP contribution in [-0.2, 0) is 10.0 Å². The fourth-order valence-corrected chi connectivity index (χ4v) is 5.77. The number of sulfonamides is 1. The Balaban J connectivity index is 1.64. The zero-order valence-corrected chi connectivity index (χ0v) is 16.3. The lowest BCUT2D eigenvalue weighted by molar-refractivity contribution is -0.385. The number of nitro benzene ring substituents is 1. The summed E-state index contributed by atoms with van der Waals surface area (Å²) in [6, 6.07) is 6.35. The Kier molecular flexibility index (Phi) is 5.07. The molecule has 0 atom stereocenters. The fraction of sp³-hybridized carbons (Fsp3) is 0.500. The lowest BCUT2D eigenvalue weighted by Crippen LogP contribution is -2.37. The molecule has 10 heteroatoms. The van der Waals surface area contributed by atoms with Gasteiger partial charge in [-0.1, -0.05) is 0 Å². The number of hydrogen-bond acceptors (Lipinski definition) is 6. The summed E-state index contributed by atoms with van der Waals surface area (Å²) in [7, 11) is -3.76. The van der Waals surface area contributed by atoms with E-state index in [-0.39, 0.29) is 16.6 Å². The zero-order valence-electron chi connectivity index (χ0n) is 15.5. The molecular formula is C18H23N5O4S. The number of piperidine rings is 1. The van der Waals surface area contributed by atoms with Crippen LogP contribution in [0.4, 0.5) is 11.4 Å². The summed E-state index contributed by atoms with van der Waals surface area (Å²) in [5.41, 5.74) is 0.351. The number of rotatable bonds is 5. The van der Waals surface area contributed by atoms with Crippen molar-refractivity contribution in [2.45, 2.75) is 36.6 Å². The number of non-ortho nitro benzene ring substituents is 1. The van der Waals surface area contributed by atoms with E-state index in [1.54, 1.807) is 12.3 Å². The van der Waals surface area contributed by atoms with Crippen LogP contribution in [0.25, 0.3) is 0 Å². The van der Waals surface area contributed by atoms with Gasteiger partial charge in [0.1, 0.15) is 4.90 Å². The molecule has 28 heavy (non-hydrogen) atoms. The van der Waals surface area contributed by atoms with E-state index in [1.165, 1.54) is 16.4 Å². The zero-order chi connectivity index (χ0) is 19.7. The second-order valence-corrected chi connectivity index (χ2v) is 9.13. The van der Waals surface area contributed by atoms with Crippen molar-refractivity contribution in [3.05, 3.63) is 46.8 Å². The van der Waals surface area contributed by atoms with E-state index in [9.17, 15) is 18.5 Å². The van der Waals surface area contributed by atoms with Crippen molar-refractivity contribution in [2.24, 2.45) is 0 Å². The number of aromatic nitrogens is 2.